The van der Waals surface area contributed by atoms with Gasteiger partial charge in [-0.05, 0) is 46.1 Å². The maximum Gasteiger partial charge on any atom is 0.105 e. The summed E-state index contributed by atoms with van der Waals surface area (Å²) in [6, 6.07) is 3.50. The Morgan fingerprint density at radius 1 is 1.40 bits per heavy atom. The van der Waals surface area contributed by atoms with Gasteiger partial charge in [0.1, 0.15) is 11.5 Å². The Labute approximate surface area is 120 Å². The van der Waals surface area contributed by atoms with Gasteiger partial charge in [0, 0.05) is 36.1 Å². The Bertz CT molecular complexity index is 558. The van der Waals surface area contributed by atoms with Gasteiger partial charge in [-0.3, -0.25) is 0 Å². The van der Waals surface area contributed by atoms with E-state index in [4.69, 9.17) is 4.42 Å². The quantitative estimate of drug-likeness (QED) is 0.926. The highest BCUT2D eigenvalue weighted by Crippen LogP contribution is 2.32. The highest BCUT2D eigenvalue weighted by Gasteiger charge is 2.30. The van der Waals surface area contributed by atoms with Crippen molar-refractivity contribution < 1.29 is 4.42 Å². The normalized spacial score (nSPS) is 24.1. The molecular formula is C16H23N3O. The maximum absolute atomic E-state index is 5.64. The van der Waals surface area contributed by atoms with E-state index in [0.29, 0.717) is 18.1 Å². The number of nitrogens with zero attached hydrogens (tertiary/aromatic N) is 2. The first-order valence-corrected chi connectivity index (χ1v) is 7.45. The number of nitrogens with one attached hydrogen (secondary N) is 1. The summed E-state index contributed by atoms with van der Waals surface area (Å²) in [6.45, 7) is 6.27. The van der Waals surface area contributed by atoms with E-state index in [2.05, 4.69) is 34.1 Å². The average molecular weight is 273 g/mol. The average Bonchev–Trinajstić information content (AvgIpc) is 3.09. The summed E-state index contributed by atoms with van der Waals surface area (Å²) >= 11 is 0. The van der Waals surface area contributed by atoms with Crippen molar-refractivity contribution in [3.63, 3.8) is 0 Å². The SMILES string of the molecule is Cc1cc(C(C)NC2CCCC2n2ccnc2)c(C)o1. The summed E-state index contributed by atoms with van der Waals surface area (Å²) in [6.07, 6.45) is 9.59. The molecule has 2 aromatic heterocycles. The summed E-state index contributed by atoms with van der Waals surface area (Å²) in [7, 11) is 0. The molecule has 0 saturated heterocycles. The van der Waals surface area contributed by atoms with Crippen molar-refractivity contribution in [2.45, 2.75) is 58.2 Å². The van der Waals surface area contributed by atoms with Gasteiger partial charge in [0.2, 0.25) is 0 Å². The van der Waals surface area contributed by atoms with Gasteiger partial charge in [0.05, 0.1) is 6.33 Å². The molecule has 20 heavy (non-hydrogen) atoms. The minimum Gasteiger partial charge on any atom is -0.466 e. The van der Waals surface area contributed by atoms with Crippen LogP contribution >= 0.6 is 0 Å². The van der Waals surface area contributed by atoms with Crippen molar-refractivity contribution in [2.75, 3.05) is 0 Å². The molecule has 4 nitrogen and oxygen atoms in total. The van der Waals surface area contributed by atoms with Crippen LogP contribution < -0.4 is 5.32 Å². The van der Waals surface area contributed by atoms with Gasteiger partial charge in [-0.2, -0.15) is 0 Å². The molecule has 1 saturated carbocycles. The number of hydrogen-bond acceptors (Lipinski definition) is 3. The Morgan fingerprint density at radius 3 is 2.90 bits per heavy atom. The van der Waals surface area contributed by atoms with Gasteiger partial charge in [-0.15, -0.1) is 0 Å². The molecule has 0 radical (unpaired) electrons. The third-order valence-electron chi connectivity index (χ3n) is 4.40. The van der Waals surface area contributed by atoms with E-state index < -0.39 is 0 Å². The highest BCUT2D eigenvalue weighted by atomic mass is 16.3. The molecule has 0 aliphatic heterocycles. The Morgan fingerprint density at radius 2 is 2.25 bits per heavy atom. The van der Waals surface area contributed by atoms with Crippen molar-refractivity contribution in [1.29, 1.82) is 0 Å². The lowest BCUT2D eigenvalue weighted by Gasteiger charge is -2.25. The summed E-state index contributed by atoms with van der Waals surface area (Å²) in [5, 5.41) is 3.78. The topological polar surface area (TPSA) is 43.0 Å². The van der Waals surface area contributed by atoms with Crippen molar-refractivity contribution in [2.24, 2.45) is 0 Å². The van der Waals surface area contributed by atoms with E-state index in [-0.39, 0.29) is 0 Å². The van der Waals surface area contributed by atoms with E-state index in [1.165, 1.54) is 24.8 Å². The summed E-state index contributed by atoms with van der Waals surface area (Å²) < 4.78 is 7.88. The lowest BCUT2D eigenvalue weighted by Crippen LogP contribution is -2.35. The van der Waals surface area contributed by atoms with Crippen LogP contribution in [0, 0.1) is 13.8 Å². The summed E-state index contributed by atoms with van der Waals surface area (Å²) in [4.78, 5) is 4.18. The van der Waals surface area contributed by atoms with E-state index >= 15 is 0 Å². The van der Waals surface area contributed by atoms with Crippen LogP contribution in [0.4, 0.5) is 0 Å². The van der Waals surface area contributed by atoms with Crippen LogP contribution in [0.1, 0.15) is 55.4 Å². The Balaban J connectivity index is 1.72. The van der Waals surface area contributed by atoms with Crippen LogP contribution in [0.25, 0.3) is 0 Å². The molecule has 0 amide bonds. The molecule has 0 aromatic carbocycles. The smallest absolute Gasteiger partial charge is 0.105 e. The van der Waals surface area contributed by atoms with Gasteiger partial charge >= 0.3 is 0 Å². The summed E-state index contributed by atoms with van der Waals surface area (Å²) in [5.74, 6) is 2.02. The second kappa shape index (κ2) is 5.44. The molecular weight excluding hydrogens is 250 g/mol. The van der Waals surface area contributed by atoms with Gasteiger partial charge in [0.15, 0.2) is 0 Å². The molecule has 0 spiro atoms. The van der Waals surface area contributed by atoms with E-state index in [1.807, 2.05) is 26.4 Å². The van der Waals surface area contributed by atoms with Crippen LogP contribution in [0.2, 0.25) is 0 Å². The van der Waals surface area contributed by atoms with Crippen molar-refractivity contribution in [3.8, 4) is 0 Å². The number of aryl methyl sites for hydroxylation is 2. The van der Waals surface area contributed by atoms with Gasteiger partial charge < -0.3 is 14.3 Å². The Kier molecular flexibility index (Phi) is 3.66. The lowest BCUT2D eigenvalue weighted by molar-refractivity contribution is 0.360. The monoisotopic (exact) mass is 273 g/mol. The van der Waals surface area contributed by atoms with Crippen LogP contribution in [-0.4, -0.2) is 15.6 Å². The maximum atomic E-state index is 5.64. The first-order chi connectivity index (χ1) is 9.65. The third kappa shape index (κ3) is 2.52. The molecule has 3 atom stereocenters. The highest BCUT2D eigenvalue weighted by molar-refractivity contribution is 5.23. The van der Waals surface area contributed by atoms with Gasteiger partial charge in [0.25, 0.3) is 0 Å². The minimum absolute atomic E-state index is 0.321. The fourth-order valence-electron chi connectivity index (χ4n) is 3.45. The predicted octanol–water partition coefficient (Wildman–Crippen LogP) is 3.54. The molecule has 1 N–H and O–H groups in total. The first kappa shape index (κ1) is 13.4. The third-order valence-corrected chi connectivity index (χ3v) is 4.40. The van der Waals surface area contributed by atoms with Gasteiger partial charge in [-0.1, -0.05) is 0 Å². The van der Waals surface area contributed by atoms with E-state index in [1.54, 1.807) is 0 Å². The number of aromatic nitrogens is 2. The molecule has 1 aliphatic carbocycles. The first-order valence-electron chi connectivity index (χ1n) is 7.45. The largest absolute Gasteiger partial charge is 0.466 e. The molecule has 3 rings (SSSR count). The minimum atomic E-state index is 0.321. The zero-order chi connectivity index (χ0) is 14.1. The standard InChI is InChI=1S/C16H23N3O/c1-11-9-14(13(3)20-11)12(2)18-15-5-4-6-16(15)19-8-7-17-10-19/h7-10,12,15-16,18H,4-6H2,1-3H3. The van der Waals surface area contributed by atoms with Crippen LogP contribution in [-0.2, 0) is 0 Å². The molecule has 4 heteroatoms. The van der Waals surface area contributed by atoms with E-state index in [9.17, 15) is 0 Å². The predicted molar refractivity (Wildman–Crippen MR) is 78.6 cm³/mol. The number of imidazole rings is 1. The fraction of sp³-hybridized carbons (Fsp3) is 0.562. The van der Waals surface area contributed by atoms with Crippen molar-refractivity contribution >= 4 is 0 Å². The molecule has 2 aromatic rings. The van der Waals surface area contributed by atoms with Crippen molar-refractivity contribution in [3.05, 3.63) is 41.9 Å². The van der Waals surface area contributed by atoms with Crippen molar-refractivity contribution in [1.82, 2.24) is 14.9 Å². The zero-order valence-electron chi connectivity index (χ0n) is 12.5. The van der Waals surface area contributed by atoms with Crippen LogP contribution in [0.15, 0.2) is 29.2 Å². The number of furan rings is 1. The molecule has 1 aliphatic rings. The molecule has 1 fully saturated rings. The second-order valence-electron chi connectivity index (χ2n) is 5.87. The van der Waals surface area contributed by atoms with Crippen LogP contribution in [0.3, 0.4) is 0 Å². The van der Waals surface area contributed by atoms with Crippen LogP contribution in [0.5, 0.6) is 0 Å². The number of rotatable bonds is 4. The molecule has 108 valence electrons. The lowest BCUT2D eigenvalue weighted by atomic mass is 10.1. The zero-order valence-corrected chi connectivity index (χ0v) is 12.5. The fourth-order valence-corrected chi connectivity index (χ4v) is 3.45. The second-order valence-corrected chi connectivity index (χ2v) is 5.87. The molecule has 3 unspecified atom stereocenters. The molecule has 0 bridgehead atoms. The number of hydrogen-bond donors (Lipinski definition) is 1. The molecule has 2 heterocycles. The van der Waals surface area contributed by atoms with E-state index in [0.717, 1.165) is 11.5 Å². The summed E-state index contributed by atoms with van der Waals surface area (Å²) in [5.41, 5.74) is 1.28. The Hall–Kier alpha value is -1.55. The van der Waals surface area contributed by atoms with Gasteiger partial charge in [-0.25, -0.2) is 4.98 Å².